The monoisotopic (exact) mass is 497 g/mol. The summed E-state index contributed by atoms with van der Waals surface area (Å²) in [4.78, 5) is 26.2. The first-order valence-electron chi connectivity index (χ1n) is 8.68. The van der Waals surface area contributed by atoms with Gasteiger partial charge in [-0.05, 0) is 61.2 Å². The summed E-state index contributed by atoms with van der Waals surface area (Å²) < 4.78 is 11.6. The first kappa shape index (κ1) is 21.5. The Labute approximate surface area is 185 Å². The molecule has 0 aliphatic carbocycles. The molecule has 0 bridgehead atoms. The molecule has 152 valence electrons. The van der Waals surface area contributed by atoms with Crippen LogP contribution in [0.25, 0.3) is 6.08 Å². The molecule has 29 heavy (non-hydrogen) atoms. The van der Waals surface area contributed by atoms with Crippen LogP contribution >= 0.6 is 39.3 Å². The van der Waals surface area contributed by atoms with Crippen molar-refractivity contribution in [2.24, 2.45) is 0 Å². The van der Waals surface area contributed by atoms with Crippen molar-refractivity contribution in [2.75, 3.05) is 19.8 Å². The number of carbonyl (C=O) groups is 2. The van der Waals surface area contributed by atoms with Gasteiger partial charge in [0.25, 0.3) is 11.1 Å². The van der Waals surface area contributed by atoms with Crippen LogP contribution in [-0.2, 0) is 4.79 Å². The van der Waals surface area contributed by atoms with E-state index >= 15 is 0 Å². The molecule has 1 aliphatic rings. The van der Waals surface area contributed by atoms with Crippen molar-refractivity contribution in [3.63, 3.8) is 0 Å². The number of carbonyl (C=O) groups excluding carboxylic acids is 2. The van der Waals surface area contributed by atoms with Crippen molar-refractivity contribution >= 4 is 56.5 Å². The fourth-order valence-corrected chi connectivity index (χ4v) is 4.03. The largest absolute Gasteiger partial charge is 0.504 e. The molecule has 0 unspecified atom stereocenters. The number of halogens is 2. The normalized spacial score (nSPS) is 15.3. The molecule has 0 spiro atoms. The summed E-state index contributed by atoms with van der Waals surface area (Å²) >= 11 is 10.00. The predicted octanol–water partition coefficient (Wildman–Crippen LogP) is 5.32. The van der Waals surface area contributed by atoms with E-state index in [4.69, 9.17) is 21.1 Å². The van der Waals surface area contributed by atoms with Gasteiger partial charge >= 0.3 is 0 Å². The number of phenolic OH excluding ortho intramolecular Hbond substituents is 1. The van der Waals surface area contributed by atoms with Crippen molar-refractivity contribution < 1.29 is 24.2 Å². The van der Waals surface area contributed by atoms with E-state index in [1.54, 1.807) is 43.3 Å². The van der Waals surface area contributed by atoms with Crippen molar-refractivity contribution in [2.45, 2.75) is 6.92 Å². The third-order valence-electron chi connectivity index (χ3n) is 3.93. The Hall–Kier alpha value is -2.16. The van der Waals surface area contributed by atoms with Gasteiger partial charge < -0.3 is 14.6 Å². The van der Waals surface area contributed by atoms with Gasteiger partial charge in [-0.15, -0.1) is 0 Å². The number of ether oxygens (including phenoxy) is 2. The molecule has 6 nitrogen and oxygen atoms in total. The predicted molar refractivity (Wildman–Crippen MR) is 117 cm³/mol. The van der Waals surface area contributed by atoms with Gasteiger partial charge in [-0.2, -0.15) is 0 Å². The van der Waals surface area contributed by atoms with Crippen LogP contribution in [-0.4, -0.2) is 40.9 Å². The van der Waals surface area contributed by atoms with Gasteiger partial charge in [-0.25, -0.2) is 0 Å². The number of benzene rings is 2. The Morgan fingerprint density at radius 2 is 1.93 bits per heavy atom. The molecular formula is C20H17BrClNO5S. The van der Waals surface area contributed by atoms with E-state index in [-0.39, 0.29) is 29.0 Å². The Kier molecular flexibility index (Phi) is 7.10. The van der Waals surface area contributed by atoms with Crippen LogP contribution in [0.2, 0.25) is 5.02 Å². The Bertz CT molecular complexity index is 964. The molecule has 1 saturated heterocycles. The van der Waals surface area contributed by atoms with E-state index in [1.165, 1.54) is 6.08 Å². The van der Waals surface area contributed by atoms with Crippen LogP contribution in [0.1, 0.15) is 12.5 Å². The second-order valence-corrected chi connectivity index (χ2v) is 8.26. The van der Waals surface area contributed by atoms with E-state index in [0.717, 1.165) is 16.7 Å². The molecule has 2 aromatic carbocycles. The third-order valence-corrected chi connectivity index (χ3v) is 5.54. The number of rotatable bonds is 7. The van der Waals surface area contributed by atoms with Gasteiger partial charge in [0.2, 0.25) is 0 Å². The average molecular weight is 499 g/mol. The minimum atomic E-state index is -0.433. The molecule has 1 fully saturated rings. The summed E-state index contributed by atoms with van der Waals surface area (Å²) in [5, 5.41) is 10.6. The van der Waals surface area contributed by atoms with Gasteiger partial charge in [0, 0.05) is 15.1 Å². The lowest BCUT2D eigenvalue weighted by atomic mass is 10.1. The number of imide groups is 1. The lowest BCUT2D eigenvalue weighted by molar-refractivity contribution is -0.123. The second-order valence-electron chi connectivity index (χ2n) is 5.91. The fraction of sp³-hybridized carbons (Fsp3) is 0.200. The van der Waals surface area contributed by atoms with Gasteiger partial charge in [-0.1, -0.05) is 27.5 Å². The van der Waals surface area contributed by atoms with E-state index in [0.29, 0.717) is 33.2 Å². The zero-order valence-electron chi connectivity index (χ0n) is 15.4. The van der Waals surface area contributed by atoms with Crippen molar-refractivity contribution in [1.82, 2.24) is 4.90 Å². The topological polar surface area (TPSA) is 76.1 Å². The Morgan fingerprint density at radius 1 is 1.21 bits per heavy atom. The van der Waals surface area contributed by atoms with E-state index in [9.17, 15) is 14.7 Å². The number of phenols is 1. The van der Waals surface area contributed by atoms with Crippen LogP contribution in [0.5, 0.6) is 17.2 Å². The van der Waals surface area contributed by atoms with E-state index < -0.39 is 5.91 Å². The highest BCUT2D eigenvalue weighted by atomic mass is 79.9. The molecule has 2 aromatic rings. The molecular weight excluding hydrogens is 482 g/mol. The zero-order chi connectivity index (χ0) is 21.0. The number of hydrogen-bond donors (Lipinski definition) is 1. The highest BCUT2D eigenvalue weighted by Gasteiger charge is 2.35. The highest BCUT2D eigenvalue weighted by Crippen LogP contribution is 2.38. The summed E-state index contributed by atoms with van der Waals surface area (Å²) in [6.07, 6.45) is 1.48. The fourth-order valence-electron chi connectivity index (χ4n) is 2.59. The number of amides is 2. The number of nitrogens with zero attached hydrogens (tertiary/aromatic N) is 1. The smallest absolute Gasteiger partial charge is 0.293 e. The molecule has 3 rings (SSSR count). The lowest BCUT2D eigenvalue weighted by Crippen LogP contribution is -2.32. The molecule has 1 N–H and O–H groups in total. The standard InChI is InChI=1S/C20H17BrClNO5S/c1-2-27-16-11-13(21)9-12(18(16)24)10-17-19(25)23(20(26)29-17)7-8-28-15-5-3-14(22)4-6-15/h3-6,9-11,24H,2,7-8H2,1H3/b17-10-. The molecule has 0 aromatic heterocycles. The maximum atomic E-state index is 12.6. The van der Waals surface area contributed by atoms with Crippen LogP contribution in [0.15, 0.2) is 45.8 Å². The quantitative estimate of drug-likeness (QED) is 0.521. The minimum absolute atomic E-state index is 0.0899. The molecule has 2 amide bonds. The first-order valence-corrected chi connectivity index (χ1v) is 10.7. The van der Waals surface area contributed by atoms with Crippen LogP contribution in [0.3, 0.4) is 0 Å². The number of hydrogen-bond acceptors (Lipinski definition) is 6. The summed E-state index contributed by atoms with van der Waals surface area (Å²) in [5.41, 5.74) is 0.380. The minimum Gasteiger partial charge on any atom is -0.504 e. The Morgan fingerprint density at radius 3 is 2.62 bits per heavy atom. The van der Waals surface area contributed by atoms with Crippen molar-refractivity contribution in [3.05, 3.63) is 56.4 Å². The lowest BCUT2D eigenvalue weighted by Gasteiger charge is -2.13. The molecule has 0 radical (unpaired) electrons. The van der Waals surface area contributed by atoms with E-state index in [2.05, 4.69) is 15.9 Å². The SMILES string of the molecule is CCOc1cc(Br)cc(/C=C2\SC(=O)N(CCOc3ccc(Cl)cc3)C2=O)c1O. The summed E-state index contributed by atoms with van der Waals surface area (Å²) in [6, 6.07) is 10.1. The van der Waals surface area contributed by atoms with E-state index in [1.807, 2.05) is 0 Å². The molecule has 9 heteroatoms. The maximum absolute atomic E-state index is 12.6. The molecule has 1 heterocycles. The zero-order valence-corrected chi connectivity index (χ0v) is 18.5. The van der Waals surface area contributed by atoms with Gasteiger partial charge in [-0.3, -0.25) is 14.5 Å². The number of thioether (sulfide) groups is 1. The van der Waals surface area contributed by atoms with Gasteiger partial charge in [0.05, 0.1) is 18.1 Å². The molecule has 0 saturated carbocycles. The summed E-state index contributed by atoms with van der Waals surface area (Å²) in [7, 11) is 0. The average Bonchev–Trinajstić information content (AvgIpc) is 2.94. The van der Waals surface area contributed by atoms with Crippen molar-refractivity contribution in [1.29, 1.82) is 0 Å². The Balaban J connectivity index is 1.70. The second kappa shape index (κ2) is 9.56. The van der Waals surface area contributed by atoms with Crippen LogP contribution < -0.4 is 9.47 Å². The first-order chi connectivity index (χ1) is 13.9. The summed E-state index contributed by atoms with van der Waals surface area (Å²) in [6.45, 7) is 2.45. The summed E-state index contributed by atoms with van der Waals surface area (Å²) in [5.74, 6) is 0.369. The maximum Gasteiger partial charge on any atom is 0.293 e. The number of aromatic hydroxyl groups is 1. The van der Waals surface area contributed by atoms with Crippen LogP contribution in [0.4, 0.5) is 4.79 Å². The third kappa shape index (κ3) is 5.26. The van der Waals surface area contributed by atoms with Gasteiger partial charge in [0.1, 0.15) is 12.4 Å². The molecule has 1 aliphatic heterocycles. The van der Waals surface area contributed by atoms with Gasteiger partial charge in [0.15, 0.2) is 11.5 Å². The highest BCUT2D eigenvalue weighted by molar-refractivity contribution is 9.10. The van der Waals surface area contributed by atoms with Crippen molar-refractivity contribution in [3.8, 4) is 17.2 Å². The van der Waals surface area contributed by atoms with Crippen LogP contribution in [0, 0.1) is 0 Å². The molecule has 0 atom stereocenters.